The average molecular weight is 133 g/mol. The molecule has 1 atom stereocenters. The lowest BCUT2D eigenvalue weighted by Crippen LogP contribution is -2.37. The summed E-state index contributed by atoms with van der Waals surface area (Å²) >= 11 is 0. The molecule has 5 nitrogen and oxygen atoms in total. The third-order valence-electron chi connectivity index (χ3n) is 0.726. The Balaban J connectivity index is 2.45. The molecule has 1 heterocycles. The van der Waals surface area contributed by atoms with Gasteiger partial charge in [0, 0.05) is 7.05 Å². The third-order valence-corrected chi connectivity index (χ3v) is 1.30. The van der Waals surface area contributed by atoms with Gasteiger partial charge in [0.1, 0.15) is 0 Å². The second-order valence-corrected chi connectivity index (χ2v) is 2.13. The van der Waals surface area contributed by atoms with Gasteiger partial charge in [0.15, 0.2) is 0 Å². The van der Waals surface area contributed by atoms with Crippen LogP contribution < -0.4 is 16.1 Å². The van der Waals surface area contributed by atoms with Gasteiger partial charge in [-0.2, -0.15) is 0 Å². The Morgan fingerprint density at radius 3 is 2.88 bits per heavy atom. The molecule has 0 saturated carbocycles. The molecule has 1 rings (SSSR count). The van der Waals surface area contributed by atoms with Crippen LogP contribution >= 0.6 is 8.88 Å². The minimum Gasteiger partial charge on any atom is -0.317 e. The number of nitrogens with one attached hydrogen (secondary N) is 2. The van der Waals surface area contributed by atoms with Crippen molar-refractivity contribution >= 4 is 14.8 Å². The van der Waals surface area contributed by atoms with Crippen LogP contribution in [0.5, 0.6) is 0 Å². The highest BCUT2D eigenvalue weighted by atomic mass is 31.1. The maximum atomic E-state index is 5.30. The molecule has 4 N–H and O–H groups in total. The number of hydrazine groups is 1. The van der Waals surface area contributed by atoms with Gasteiger partial charge in [-0.3, -0.25) is 10.2 Å². The van der Waals surface area contributed by atoms with Crippen molar-refractivity contribution in [1.82, 2.24) is 15.3 Å². The van der Waals surface area contributed by atoms with E-state index in [-0.39, 0.29) is 0 Å². The zero-order valence-corrected chi connectivity index (χ0v) is 5.47. The SMILES string of the molecule is CN(N)C1=NNPN1. The van der Waals surface area contributed by atoms with E-state index in [1.165, 1.54) is 5.01 Å². The van der Waals surface area contributed by atoms with Crippen LogP contribution in [-0.4, -0.2) is 18.0 Å². The fourth-order valence-electron chi connectivity index (χ4n) is 0.360. The summed E-state index contributed by atoms with van der Waals surface area (Å²) in [5.41, 5.74) is 0. The van der Waals surface area contributed by atoms with Crippen LogP contribution in [0.1, 0.15) is 0 Å². The van der Waals surface area contributed by atoms with E-state index in [2.05, 4.69) is 15.4 Å². The van der Waals surface area contributed by atoms with E-state index in [1.807, 2.05) is 0 Å². The zero-order chi connectivity index (χ0) is 5.98. The molecule has 0 radical (unpaired) electrons. The number of nitrogens with zero attached hydrogens (tertiary/aromatic N) is 2. The Bertz CT molecular complexity index is 109. The summed E-state index contributed by atoms with van der Waals surface area (Å²) in [5.74, 6) is 5.99. The van der Waals surface area contributed by atoms with Gasteiger partial charge in [-0.25, -0.2) is 5.84 Å². The fourth-order valence-corrected chi connectivity index (χ4v) is 0.922. The molecule has 0 bridgehead atoms. The van der Waals surface area contributed by atoms with Crippen molar-refractivity contribution in [3.63, 3.8) is 0 Å². The second kappa shape index (κ2) is 2.15. The highest BCUT2D eigenvalue weighted by molar-refractivity contribution is 7.34. The monoisotopic (exact) mass is 133 g/mol. The van der Waals surface area contributed by atoms with Crippen molar-refractivity contribution in [1.29, 1.82) is 0 Å². The molecule has 1 unspecified atom stereocenters. The number of hydrazone groups is 1. The van der Waals surface area contributed by atoms with E-state index in [0.29, 0.717) is 14.8 Å². The van der Waals surface area contributed by atoms with Crippen LogP contribution in [0.4, 0.5) is 0 Å². The van der Waals surface area contributed by atoms with Gasteiger partial charge in [0.2, 0.25) is 5.96 Å². The molecule has 0 saturated heterocycles. The lowest BCUT2D eigenvalue weighted by molar-refractivity contribution is 0.527. The molecule has 0 amide bonds. The van der Waals surface area contributed by atoms with Gasteiger partial charge < -0.3 is 5.09 Å². The molecular formula is C2H8N5P. The van der Waals surface area contributed by atoms with Crippen molar-refractivity contribution in [3.8, 4) is 0 Å². The predicted molar refractivity (Wildman–Crippen MR) is 34.0 cm³/mol. The highest BCUT2D eigenvalue weighted by Gasteiger charge is 2.04. The molecule has 6 heteroatoms. The lowest BCUT2D eigenvalue weighted by atomic mass is 10.9. The fraction of sp³-hybridized carbons (Fsp3) is 0.500. The molecule has 1 aliphatic rings. The first kappa shape index (κ1) is 5.59. The number of nitrogens with two attached hydrogens (primary N) is 1. The molecule has 0 aromatic heterocycles. The van der Waals surface area contributed by atoms with Crippen LogP contribution in [0, 0.1) is 0 Å². The highest BCUT2D eigenvalue weighted by Crippen LogP contribution is 2.01. The topological polar surface area (TPSA) is 65.7 Å². The van der Waals surface area contributed by atoms with Crippen molar-refractivity contribution in [2.24, 2.45) is 10.9 Å². The molecule has 46 valence electrons. The molecule has 0 aromatic carbocycles. The predicted octanol–water partition coefficient (Wildman–Crippen LogP) is -1.24. The Morgan fingerprint density at radius 1 is 1.88 bits per heavy atom. The Labute approximate surface area is 49.2 Å². The zero-order valence-electron chi connectivity index (χ0n) is 4.47. The first-order valence-corrected chi connectivity index (χ1v) is 3.13. The molecule has 0 spiro atoms. The smallest absolute Gasteiger partial charge is 0.234 e. The third kappa shape index (κ3) is 0.993. The summed E-state index contributed by atoms with van der Waals surface area (Å²) in [6, 6.07) is 0. The number of hydrogen-bond acceptors (Lipinski definition) is 5. The van der Waals surface area contributed by atoms with Gasteiger partial charge in [-0.15, -0.1) is 5.10 Å². The maximum Gasteiger partial charge on any atom is 0.234 e. The van der Waals surface area contributed by atoms with E-state index in [0.717, 1.165) is 0 Å². The first-order chi connectivity index (χ1) is 3.80. The number of hydrogen-bond donors (Lipinski definition) is 3. The second-order valence-electron chi connectivity index (χ2n) is 1.41. The van der Waals surface area contributed by atoms with Gasteiger partial charge in [0.05, 0.1) is 8.88 Å². The quantitative estimate of drug-likeness (QED) is 0.220. The molecule has 0 aromatic rings. The molecule has 0 fully saturated rings. The molecular weight excluding hydrogens is 125 g/mol. The summed E-state index contributed by atoms with van der Waals surface area (Å²) < 4.78 is 0. The lowest BCUT2D eigenvalue weighted by Gasteiger charge is -2.08. The van der Waals surface area contributed by atoms with Gasteiger partial charge in [0.25, 0.3) is 0 Å². The van der Waals surface area contributed by atoms with Gasteiger partial charge in [-0.05, 0) is 0 Å². The van der Waals surface area contributed by atoms with Crippen LogP contribution in [0.15, 0.2) is 5.10 Å². The summed E-state index contributed by atoms with van der Waals surface area (Å²) in [7, 11) is 2.18. The van der Waals surface area contributed by atoms with Crippen LogP contribution in [-0.2, 0) is 0 Å². The van der Waals surface area contributed by atoms with E-state index in [4.69, 9.17) is 5.84 Å². The minimum atomic E-state index is 0.456. The molecule has 1 aliphatic heterocycles. The normalized spacial score (nSPS) is 19.5. The summed E-state index contributed by atoms with van der Waals surface area (Å²) in [4.78, 5) is 0. The van der Waals surface area contributed by atoms with Crippen LogP contribution in [0.25, 0.3) is 0 Å². The van der Waals surface area contributed by atoms with E-state index in [1.54, 1.807) is 7.05 Å². The van der Waals surface area contributed by atoms with Gasteiger partial charge in [-0.1, -0.05) is 0 Å². The largest absolute Gasteiger partial charge is 0.317 e. The first-order valence-electron chi connectivity index (χ1n) is 2.13. The van der Waals surface area contributed by atoms with E-state index < -0.39 is 0 Å². The Hall–Kier alpha value is -0.540. The Kier molecular flexibility index (Phi) is 1.50. The van der Waals surface area contributed by atoms with Gasteiger partial charge >= 0.3 is 0 Å². The average Bonchev–Trinajstić information content (AvgIpc) is 2.12. The molecule has 8 heavy (non-hydrogen) atoms. The van der Waals surface area contributed by atoms with Crippen molar-refractivity contribution in [2.45, 2.75) is 0 Å². The van der Waals surface area contributed by atoms with Crippen molar-refractivity contribution in [2.75, 3.05) is 7.05 Å². The van der Waals surface area contributed by atoms with Crippen molar-refractivity contribution < 1.29 is 0 Å². The van der Waals surface area contributed by atoms with E-state index >= 15 is 0 Å². The van der Waals surface area contributed by atoms with Crippen molar-refractivity contribution in [3.05, 3.63) is 0 Å². The summed E-state index contributed by atoms with van der Waals surface area (Å²) in [6.45, 7) is 0. The van der Waals surface area contributed by atoms with Crippen LogP contribution in [0.3, 0.4) is 0 Å². The maximum absolute atomic E-state index is 5.30. The van der Waals surface area contributed by atoms with Crippen LogP contribution in [0.2, 0.25) is 0 Å². The summed E-state index contributed by atoms with van der Waals surface area (Å²) in [5, 5.41) is 10.9. The number of guanidine groups is 1. The Morgan fingerprint density at radius 2 is 2.62 bits per heavy atom. The standard InChI is InChI=1S/C2H8N5P/c1-7(3)2-4-6-8-5-2/h6,8H,3H2,1H3,(H,4,5). The molecule has 0 aliphatic carbocycles. The van der Waals surface area contributed by atoms with E-state index in [9.17, 15) is 0 Å². The minimum absolute atomic E-state index is 0.456. The summed E-state index contributed by atoms with van der Waals surface area (Å²) in [6.07, 6.45) is 0. The number of rotatable bonds is 0.